The molecule has 4 aliphatic rings. The Kier molecular flexibility index (Phi) is 16.3. The van der Waals surface area contributed by atoms with Crippen molar-refractivity contribution in [3.63, 3.8) is 0 Å². The van der Waals surface area contributed by atoms with Crippen molar-refractivity contribution in [3.8, 4) is 11.5 Å². The number of fused-ring (bicyclic) bond motifs is 2. The van der Waals surface area contributed by atoms with Crippen LogP contribution in [-0.2, 0) is 53.2 Å². The van der Waals surface area contributed by atoms with E-state index in [1.807, 2.05) is 57.2 Å². The van der Waals surface area contributed by atoms with Crippen molar-refractivity contribution < 1.29 is 63.9 Å². The van der Waals surface area contributed by atoms with Crippen molar-refractivity contribution in [2.75, 3.05) is 39.3 Å². The Morgan fingerprint density at radius 3 is 1.44 bits per heavy atom. The van der Waals surface area contributed by atoms with E-state index in [-0.39, 0.29) is 59.8 Å². The number of aliphatic carboxylic acids is 1. The van der Waals surface area contributed by atoms with Crippen LogP contribution in [0.4, 0.5) is 0 Å². The zero-order valence-electron chi connectivity index (χ0n) is 33.9. The first-order valence-corrected chi connectivity index (χ1v) is 19.4. The molecule has 2 saturated heterocycles. The van der Waals surface area contributed by atoms with Crippen molar-refractivity contribution in [2.24, 2.45) is 10.8 Å². The molecule has 11 heteroatoms. The first kappa shape index (κ1) is 46.3. The third-order valence-electron chi connectivity index (χ3n) is 11.0. The van der Waals surface area contributed by atoms with E-state index in [1.165, 1.54) is 33.4 Å². The Morgan fingerprint density at radius 2 is 1.04 bits per heavy atom. The number of nitrogens with zero attached hydrogens (tertiary/aromatic N) is 2. The normalized spacial score (nSPS) is 16.8. The average molecular weight is 807 g/mol. The molecule has 2 spiro atoms. The van der Waals surface area contributed by atoms with Gasteiger partial charge in [0.1, 0.15) is 30.3 Å². The van der Waals surface area contributed by atoms with Crippen molar-refractivity contribution in [3.05, 3.63) is 130 Å². The summed E-state index contributed by atoms with van der Waals surface area (Å²) in [7, 11) is 0. The maximum Gasteiger partial charge on any atom is 1.00 e. The number of hydrogen-bond acceptors (Lipinski definition) is 8. The molecule has 300 valence electrons. The van der Waals surface area contributed by atoms with Gasteiger partial charge in [0.05, 0.1) is 12.8 Å². The zero-order chi connectivity index (χ0) is 37.8. The summed E-state index contributed by atoms with van der Waals surface area (Å²) < 4.78 is 17.4. The molecule has 9 nitrogen and oxygen atoms in total. The molecule has 0 amide bonds. The minimum Gasteiger partial charge on any atom is -0.870 e. The molecule has 2 fully saturated rings. The number of likely N-dealkylation sites (tertiary alicyclic amines) is 2. The zero-order valence-corrected chi connectivity index (χ0v) is 36.7. The number of hydrogen-bond donors (Lipinski definition) is 1. The summed E-state index contributed by atoms with van der Waals surface area (Å²) in [4.78, 5) is 27.3. The van der Waals surface area contributed by atoms with Crippen LogP contribution >= 0.6 is 12.4 Å². The second-order valence-electron chi connectivity index (χ2n) is 17.0. The molecule has 0 radical (unpaired) electrons. The maximum atomic E-state index is 11.9. The Balaban J connectivity index is 0.000000242. The van der Waals surface area contributed by atoms with Crippen LogP contribution in [-0.4, -0.2) is 77.2 Å². The summed E-state index contributed by atoms with van der Waals surface area (Å²) in [6.45, 7) is 12.5. The van der Waals surface area contributed by atoms with Gasteiger partial charge in [0, 0.05) is 50.1 Å². The largest absolute Gasteiger partial charge is 1.00 e. The number of carboxylic acids is 1. The average Bonchev–Trinajstić information content (AvgIpc) is 3.70. The SMILES string of the molecule is CC(C)(C)OC(=O)CCN1CC2(Cc3ccc(OCc4ccccc4)cc3C2)C1.Cl.O=C(O)CCN1CC2(Cc3ccc(OCc4ccccc4)cc3C2)C1.[Na+].[OH-]. The molecule has 4 aromatic carbocycles. The molecule has 2 aliphatic carbocycles. The van der Waals surface area contributed by atoms with Gasteiger partial charge in [-0.2, -0.15) is 0 Å². The van der Waals surface area contributed by atoms with Gasteiger partial charge in [-0.1, -0.05) is 72.8 Å². The van der Waals surface area contributed by atoms with E-state index in [1.54, 1.807) is 0 Å². The second kappa shape index (κ2) is 20.0. The first-order chi connectivity index (χ1) is 25.9. The van der Waals surface area contributed by atoms with Gasteiger partial charge >= 0.3 is 41.5 Å². The van der Waals surface area contributed by atoms with E-state index >= 15 is 0 Å². The fraction of sp³-hybridized carbons (Fsp3) is 0.435. The Bertz CT molecular complexity index is 1930. The number of benzene rings is 4. The summed E-state index contributed by atoms with van der Waals surface area (Å²) in [5.41, 5.74) is 8.30. The van der Waals surface area contributed by atoms with E-state index in [0.29, 0.717) is 37.0 Å². The minimum atomic E-state index is -0.712. The van der Waals surface area contributed by atoms with Crippen molar-refractivity contribution in [1.82, 2.24) is 9.80 Å². The van der Waals surface area contributed by atoms with E-state index in [9.17, 15) is 9.59 Å². The van der Waals surface area contributed by atoms with Crippen LogP contribution in [0.3, 0.4) is 0 Å². The van der Waals surface area contributed by atoms with Gasteiger partial charge in [0.2, 0.25) is 0 Å². The van der Waals surface area contributed by atoms with Crippen LogP contribution in [0.15, 0.2) is 97.1 Å². The van der Waals surface area contributed by atoms with Gasteiger partial charge in [0.15, 0.2) is 0 Å². The van der Waals surface area contributed by atoms with Gasteiger partial charge in [-0.25, -0.2) is 0 Å². The fourth-order valence-electron chi connectivity index (χ4n) is 8.74. The summed E-state index contributed by atoms with van der Waals surface area (Å²) >= 11 is 0. The molecular weight excluding hydrogens is 751 g/mol. The van der Waals surface area contributed by atoms with Crippen LogP contribution in [0.5, 0.6) is 11.5 Å². The van der Waals surface area contributed by atoms with Gasteiger partial charge in [-0.15, -0.1) is 12.4 Å². The summed E-state index contributed by atoms with van der Waals surface area (Å²) in [6, 6.07) is 33.5. The number of ether oxygens (including phenoxy) is 3. The van der Waals surface area contributed by atoms with Crippen LogP contribution in [0.25, 0.3) is 0 Å². The van der Waals surface area contributed by atoms with Crippen molar-refractivity contribution in [1.29, 1.82) is 0 Å². The molecule has 8 rings (SSSR count). The molecule has 0 bridgehead atoms. The van der Waals surface area contributed by atoms with Gasteiger partial charge in [0.25, 0.3) is 0 Å². The number of halogens is 1. The van der Waals surface area contributed by atoms with Crippen molar-refractivity contribution in [2.45, 2.75) is 78.1 Å². The van der Waals surface area contributed by atoms with E-state index in [4.69, 9.17) is 19.3 Å². The van der Waals surface area contributed by atoms with Crippen LogP contribution in [0, 0.1) is 10.8 Å². The Hall–Kier alpha value is -3.41. The smallest absolute Gasteiger partial charge is 0.870 e. The quantitative estimate of drug-likeness (QED) is 0.159. The van der Waals surface area contributed by atoms with E-state index < -0.39 is 11.6 Å². The predicted molar refractivity (Wildman–Crippen MR) is 219 cm³/mol. The standard InChI is InChI=1S/C25H31NO3.C21H23NO3.ClH.Na.H2O/c1-24(2,3)29-23(27)11-12-26-17-25(18-26)14-20-9-10-22(13-21(20)15-25)28-16-19-7-5-4-6-8-19;23-20(24)8-9-22-14-21(15-22)11-17-6-7-19(10-18(17)12-21)25-13-16-4-2-1-3-5-16;;;/h4-10,13H,11-12,14-18H2,1-3H3;1-7,10H,8-9,11-15H2,(H,23,24);1H;;1H2/q;;;+1;/p-1. The molecule has 2 heterocycles. The Morgan fingerprint density at radius 1 is 0.632 bits per heavy atom. The number of carbonyl (C=O) groups is 2. The van der Waals surface area contributed by atoms with E-state index in [2.05, 4.69) is 70.5 Å². The van der Waals surface area contributed by atoms with Crippen LogP contribution in [0.2, 0.25) is 0 Å². The summed E-state index contributed by atoms with van der Waals surface area (Å²) in [5, 5.41) is 8.80. The third kappa shape index (κ3) is 12.5. The molecular formula is C46H56ClN2NaO7. The maximum absolute atomic E-state index is 11.9. The monoisotopic (exact) mass is 806 g/mol. The van der Waals surface area contributed by atoms with Crippen LogP contribution < -0.4 is 39.0 Å². The molecule has 0 unspecified atom stereocenters. The molecule has 2 N–H and O–H groups in total. The third-order valence-corrected chi connectivity index (χ3v) is 11.0. The fourth-order valence-corrected chi connectivity index (χ4v) is 8.74. The molecule has 57 heavy (non-hydrogen) atoms. The van der Waals surface area contributed by atoms with Crippen molar-refractivity contribution >= 4 is 24.3 Å². The molecule has 0 saturated carbocycles. The molecule has 0 atom stereocenters. The molecule has 2 aliphatic heterocycles. The summed E-state index contributed by atoms with van der Waals surface area (Å²) in [6.07, 6.45) is 5.12. The number of esters is 1. The number of rotatable bonds is 12. The minimum absolute atomic E-state index is 0. The number of carbonyl (C=O) groups excluding carboxylic acids is 1. The van der Waals surface area contributed by atoms with Gasteiger partial charge in [-0.3, -0.25) is 9.59 Å². The van der Waals surface area contributed by atoms with Gasteiger partial charge < -0.3 is 34.6 Å². The van der Waals surface area contributed by atoms with E-state index in [0.717, 1.165) is 69.9 Å². The predicted octanol–water partition coefficient (Wildman–Crippen LogP) is 4.79. The number of carboxylic acid groups (broad SMARTS) is 1. The van der Waals surface area contributed by atoms with Gasteiger partial charge in [-0.05, 0) is 104 Å². The molecule has 0 aromatic heterocycles. The van der Waals surface area contributed by atoms with Crippen LogP contribution in [0.1, 0.15) is 67.0 Å². The Labute approximate surface area is 366 Å². The molecule has 4 aromatic rings. The second-order valence-corrected chi connectivity index (χ2v) is 17.0. The first-order valence-electron chi connectivity index (χ1n) is 19.4. The summed E-state index contributed by atoms with van der Waals surface area (Å²) in [5.74, 6) is 1.07. The topological polar surface area (TPSA) is 119 Å².